The molecule has 1 saturated carbocycles. The summed E-state index contributed by atoms with van der Waals surface area (Å²) < 4.78 is 13.4. The van der Waals surface area contributed by atoms with E-state index in [9.17, 15) is 4.39 Å². The highest BCUT2D eigenvalue weighted by molar-refractivity contribution is 5.58. The number of nitrogens with one attached hydrogen (secondary N) is 1. The van der Waals surface area contributed by atoms with E-state index in [-0.39, 0.29) is 11.4 Å². The van der Waals surface area contributed by atoms with Crippen molar-refractivity contribution < 1.29 is 4.39 Å². The zero-order valence-corrected chi connectivity index (χ0v) is 14.3. The fourth-order valence-electron chi connectivity index (χ4n) is 3.40. The molecule has 24 heavy (non-hydrogen) atoms. The van der Waals surface area contributed by atoms with Gasteiger partial charge in [-0.25, -0.2) is 9.37 Å². The topological polar surface area (TPSA) is 53.9 Å². The molecule has 6 heteroatoms. The Hall–Kier alpha value is -2.08. The van der Waals surface area contributed by atoms with Crippen LogP contribution in [0.1, 0.15) is 32.1 Å². The first-order chi connectivity index (χ1) is 11.6. The number of hydrogen-bond acceptors (Lipinski definition) is 5. The van der Waals surface area contributed by atoms with Gasteiger partial charge in [-0.05, 0) is 39.1 Å². The Bertz CT molecular complexity index is 683. The molecular weight excluding hydrogens is 305 g/mol. The lowest BCUT2D eigenvalue weighted by atomic mass is 9.80. The molecule has 0 radical (unpaired) electrons. The highest BCUT2D eigenvalue weighted by atomic mass is 19.1. The number of halogens is 1. The maximum Gasteiger partial charge on any atom is 0.243 e. The highest BCUT2D eigenvalue weighted by Gasteiger charge is 2.34. The van der Waals surface area contributed by atoms with Crippen LogP contribution in [0.15, 0.2) is 30.5 Å². The summed E-state index contributed by atoms with van der Waals surface area (Å²) in [4.78, 5) is 6.80. The highest BCUT2D eigenvalue weighted by Crippen LogP contribution is 2.32. The monoisotopic (exact) mass is 329 g/mol. The first-order valence-electron chi connectivity index (χ1n) is 8.46. The maximum absolute atomic E-state index is 13.4. The first kappa shape index (κ1) is 16.8. The zero-order chi connectivity index (χ0) is 17.0. The van der Waals surface area contributed by atoms with Crippen LogP contribution < -0.4 is 5.32 Å². The molecule has 1 aromatic heterocycles. The third-order valence-electron chi connectivity index (χ3n) is 4.99. The van der Waals surface area contributed by atoms with Crippen molar-refractivity contribution in [2.75, 3.05) is 26.0 Å². The number of aromatic nitrogens is 3. The van der Waals surface area contributed by atoms with E-state index in [1.54, 1.807) is 12.3 Å². The van der Waals surface area contributed by atoms with Crippen molar-refractivity contribution in [2.45, 2.75) is 37.6 Å². The van der Waals surface area contributed by atoms with E-state index < -0.39 is 0 Å². The summed E-state index contributed by atoms with van der Waals surface area (Å²) in [5, 5.41) is 11.4. The Kier molecular flexibility index (Phi) is 5.04. The summed E-state index contributed by atoms with van der Waals surface area (Å²) in [5.41, 5.74) is 1.46. The van der Waals surface area contributed by atoms with Crippen LogP contribution >= 0.6 is 0 Å². The van der Waals surface area contributed by atoms with E-state index in [1.807, 2.05) is 6.07 Å². The third-order valence-corrected chi connectivity index (χ3v) is 4.99. The molecule has 1 aliphatic carbocycles. The second kappa shape index (κ2) is 7.21. The lowest BCUT2D eigenvalue weighted by Gasteiger charge is -2.43. The van der Waals surface area contributed by atoms with Gasteiger partial charge in [0.25, 0.3) is 0 Å². The Balaban J connectivity index is 1.75. The van der Waals surface area contributed by atoms with Gasteiger partial charge in [-0.1, -0.05) is 31.4 Å². The van der Waals surface area contributed by atoms with Crippen molar-refractivity contribution in [3.63, 3.8) is 0 Å². The fourth-order valence-corrected chi connectivity index (χ4v) is 3.40. The van der Waals surface area contributed by atoms with E-state index in [1.165, 1.54) is 44.2 Å². The predicted molar refractivity (Wildman–Crippen MR) is 93.2 cm³/mol. The van der Waals surface area contributed by atoms with Gasteiger partial charge in [-0.3, -0.25) is 0 Å². The van der Waals surface area contributed by atoms with Crippen LogP contribution in [0.3, 0.4) is 0 Å². The molecule has 1 heterocycles. The van der Waals surface area contributed by atoms with Gasteiger partial charge in [0.05, 0.1) is 11.9 Å². The van der Waals surface area contributed by atoms with Gasteiger partial charge in [0.2, 0.25) is 5.95 Å². The van der Waals surface area contributed by atoms with E-state index in [4.69, 9.17) is 0 Å². The van der Waals surface area contributed by atoms with Crippen molar-refractivity contribution in [1.82, 2.24) is 20.1 Å². The summed E-state index contributed by atoms with van der Waals surface area (Å²) in [7, 11) is 4.27. The van der Waals surface area contributed by atoms with Gasteiger partial charge in [0, 0.05) is 17.6 Å². The summed E-state index contributed by atoms with van der Waals surface area (Å²) in [6.45, 7) is 0.786. The number of nitrogens with zero attached hydrogens (tertiary/aromatic N) is 4. The van der Waals surface area contributed by atoms with Gasteiger partial charge in [-0.2, -0.15) is 5.10 Å². The Morgan fingerprint density at radius 2 is 2.00 bits per heavy atom. The lowest BCUT2D eigenvalue weighted by molar-refractivity contribution is 0.113. The van der Waals surface area contributed by atoms with Crippen LogP contribution in [-0.2, 0) is 0 Å². The van der Waals surface area contributed by atoms with Crippen LogP contribution in [0, 0.1) is 5.82 Å². The largest absolute Gasteiger partial charge is 0.351 e. The Labute approximate surface area is 142 Å². The molecule has 2 aromatic rings. The molecule has 1 fully saturated rings. The van der Waals surface area contributed by atoms with E-state index in [2.05, 4.69) is 39.5 Å². The molecule has 0 spiro atoms. The van der Waals surface area contributed by atoms with Crippen LogP contribution in [0.5, 0.6) is 0 Å². The maximum atomic E-state index is 13.4. The van der Waals surface area contributed by atoms with Crippen molar-refractivity contribution in [2.24, 2.45) is 0 Å². The fraction of sp³-hybridized carbons (Fsp3) is 0.500. The van der Waals surface area contributed by atoms with Gasteiger partial charge >= 0.3 is 0 Å². The molecule has 0 amide bonds. The number of rotatable bonds is 5. The molecule has 0 unspecified atom stereocenters. The minimum atomic E-state index is -0.283. The Morgan fingerprint density at radius 3 is 2.71 bits per heavy atom. The lowest BCUT2D eigenvalue weighted by Crippen LogP contribution is -2.51. The van der Waals surface area contributed by atoms with E-state index in [0.29, 0.717) is 17.2 Å². The summed E-state index contributed by atoms with van der Waals surface area (Å²) in [5.74, 6) is 0.206. The van der Waals surface area contributed by atoms with Crippen LogP contribution in [0.2, 0.25) is 0 Å². The molecule has 0 saturated heterocycles. The molecule has 0 atom stereocenters. The zero-order valence-electron chi connectivity index (χ0n) is 14.3. The summed E-state index contributed by atoms with van der Waals surface area (Å²) in [6, 6.07) is 6.36. The third kappa shape index (κ3) is 3.70. The number of anilines is 1. The van der Waals surface area contributed by atoms with Gasteiger partial charge < -0.3 is 10.2 Å². The number of likely N-dealkylation sites (N-methyl/N-ethyl adjacent to an activating group) is 1. The average molecular weight is 329 g/mol. The van der Waals surface area contributed by atoms with Gasteiger partial charge in [0.15, 0.2) is 0 Å². The van der Waals surface area contributed by atoms with E-state index in [0.717, 1.165) is 6.54 Å². The number of benzene rings is 1. The van der Waals surface area contributed by atoms with Gasteiger partial charge in [0.1, 0.15) is 5.82 Å². The molecule has 1 N–H and O–H groups in total. The van der Waals surface area contributed by atoms with Crippen molar-refractivity contribution in [3.05, 3.63) is 36.3 Å². The molecule has 128 valence electrons. The predicted octanol–water partition coefficient (Wildman–Crippen LogP) is 3.35. The van der Waals surface area contributed by atoms with Crippen LogP contribution in [0.25, 0.3) is 11.3 Å². The van der Waals surface area contributed by atoms with Crippen molar-refractivity contribution in [3.8, 4) is 11.3 Å². The van der Waals surface area contributed by atoms with Crippen LogP contribution in [-0.4, -0.2) is 46.3 Å². The normalized spacial score (nSPS) is 17.0. The minimum absolute atomic E-state index is 0.135. The van der Waals surface area contributed by atoms with E-state index >= 15 is 0 Å². The Morgan fingerprint density at radius 1 is 1.21 bits per heavy atom. The molecule has 5 nitrogen and oxygen atoms in total. The standard InChI is InChI=1S/C18H24FN5/c1-24(2)18(9-4-3-5-10-18)13-20-17-22-16(12-21-23-17)14-7-6-8-15(19)11-14/h6-8,11-12H,3-5,9-10,13H2,1-2H3,(H,20,22,23). The SMILES string of the molecule is CN(C)C1(CNc2nncc(-c3cccc(F)c3)n2)CCCCC1. The minimum Gasteiger partial charge on any atom is -0.351 e. The molecular formula is C18H24FN5. The molecule has 0 bridgehead atoms. The second-order valence-corrected chi connectivity index (χ2v) is 6.71. The number of hydrogen-bond donors (Lipinski definition) is 1. The summed E-state index contributed by atoms with van der Waals surface area (Å²) in [6.07, 6.45) is 7.71. The molecule has 1 aliphatic rings. The first-order valence-corrected chi connectivity index (χ1v) is 8.46. The van der Waals surface area contributed by atoms with Gasteiger partial charge in [-0.15, -0.1) is 5.10 Å². The average Bonchev–Trinajstić information content (AvgIpc) is 2.61. The van der Waals surface area contributed by atoms with Crippen molar-refractivity contribution in [1.29, 1.82) is 0 Å². The molecule has 1 aromatic carbocycles. The second-order valence-electron chi connectivity index (χ2n) is 6.71. The van der Waals surface area contributed by atoms with Crippen molar-refractivity contribution >= 4 is 5.95 Å². The molecule has 3 rings (SSSR count). The molecule has 0 aliphatic heterocycles. The smallest absolute Gasteiger partial charge is 0.243 e. The van der Waals surface area contributed by atoms with Crippen LogP contribution in [0.4, 0.5) is 10.3 Å². The summed E-state index contributed by atoms with van der Waals surface area (Å²) >= 11 is 0. The quantitative estimate of drug-likeness (QED) is 0.911.